The molecule has 0 atom stereocenters. The van der Waals surface area contributed by atoms with Crippen LogP contribution in [0.3, 0.4) is 0 Å². The Balaban J connectivity index is 1.48. The number of rotatable bonds is 3. The molecule has 0 bridgehead atoms. The predicted octanol–water partition coefficient (Wildman–Crippen LogP) is 2.81. The Hall–Kier alpha value is -3.09. The summed E-state index contributed by atoms with van der Waals surface area (Å²) in [6.45, 7) is 1.79. The van der Waals surface area contributed by atoms with Gasteiger partial charge < -0.3 is 19.5 Å². The highest BCUT2D eigenvalue weighted by atomic mass is 19.1. The third-order valence-electron chi connectivity index (χ3n) is 3.91. The van der Waals surface area contributed by atoms with Gasteiger partial charge in [0.05, 0.1) is 6.26 Å². The fourth-order valence-electron chi connectivity index (χ4n) is 2.51. The summed E-state index contributed by atoms with van der Waals surface area (Å²) in [5.41, 5.74) is 0.534. The number of carbonyl (C=O) groups excluding carboxylic acids is 2. The zero-order valence-electron chi connectivity index (χ0n) is 13.5. The second-order valence-corrected chi connectivity index (χ2v) is 5.60. The Labute approximate surface area is 144 Å². The fourth-order valence-corrected chi connectivity index (χ4v) is 2.51. The number of halogens is 1. The molecule has 2 aromatic rings. The summed E-state index contributed by atoms with van der Waals surface area (Å²) >= 11 is 0. The molecular weight excluding hydrogens is 325 g/mol. The predicted molar refractivity (Wildman–Crippen MR) is 91.3 cm³/mol. The minimum atomic E-state index is -0.354. The van der Waals surface area contributed by atoms with Crippen molar-refractivity contribution in [2.45, 2.75) is 0 Å². The van der Waals surface area contributed by atoms with Crippen molar-refractivity contribution in [2.24, 2.45) is 0 Å². The van der Waals surface area contributed by atoms with E-state index in [0.29, 0.717) is 37.6 Å². The molecule has 0 saturated carbocycles. The molecule has 7 heteroatoms. The van der Waals surface area contributed by atoms with Gasteiger partial charge in [0.15, 0.2) is 0 Å². The van der Waals surface area contributed by atoms with Gasteiger partial charge in [-0.25, -0.2) is 9.18 Å². The molecule has 3 rings (SSSR count). The van der Waals surface area contributed by atoms with Gasteiger partial charge >= 0.3 is 6.03 Å². The maximum Gasteiger partial charge on any atom is 0.321 e. The van der Waals surface area contributed by atoms with E-state index in [1.807, 2.05) is 0 Å². The van der Waals surface area contributed by atoms with Crippen molar-refractivity contribution < 1.29 is 18.4 Å². The van der Waals surface area contributed by atoms with E-state index >= 15 is 0 Å². The number of hydrogen-bond donors (Lipinski definition) is 1. The van der Waals surface area contributed by atoms with E-state index in [-0.39, 0.29) is 17.8 Å². The number of piperazine rings is 1. The van der Waals surface area contributed by atoms with Gasteiger partial charge in [-0.1, -0.05) is 0 Å². The van der Waals surface area contributed by atoms with Gasteiger partial charge in [0.25, 0.3) is 0 Å². The van der Waals surface area contributed by atoms with Crippen LogP contribution in [0.5, 0.6) is 0 Å². The maximum atomic E-state index is 12.9. The SMILES string of the molecule is O=C(C=Cc1ccco1)N1CCN(C(=O)Nc2ccc(F)cc2)CC1. The molecule has 1 aliphatic rings. The minimum absolute atomic E-state index is 0.116. The van der Waals surface area contributed by atoms with Crippen LogP contribution in [0.4, 0.5) is 14.9 Å². The molecule has 1 aliphatic heterocycles. The highest BCUT2D eigenvalue weighted by Crippen LogP contribution is 2.11. The van der Waals surface area contributed by atoms with Gasteiger partial charge in [-0.3, -0.25) is 4.79 Å². The van der Waals surface area contributed by atoms with Crippen LogP contribution in [0, 0.1) is 5.82 Å². The van der Waals surface area contributed by atoms with E-state index in [1.165, 1.54) is 30.3 Å². The Morgan fingerprint density at radius 1 is 1.04 bits per heavy atom. The quantitative estimate of drug-likeness (QED) is 0.872. The van der Waals surface area contributed by atoms with Crippen LogP contribution in [0.2, 0.25) is 0 Å². The van der Waals surface area contributed by atoms with Gasteiger partial charge in [0.1, 0.15) is 11.6 Å². The summed E-state index contributed by atoms with van der Waals surface area (Å²) in [6.07, 6.45) is 4.63. The number of anilines is 1. The Morgan fingerprint density at radius 3 is 2.36 bits per heavy atom. The first-order chi connectivity index (χ1) is 12.1. The van der Waals surface area contributed by atoms with E-state index in [1.54, 1.807) is 34.3 Å². The first-order valence-corrected chi connectivity index (χ1v) is 7.94. The number of urea groups is 1. The molecule has 0 aliphatic carbocycles. The molecule has 0 radical (unpaired) electrons. The smallest absolute Gasteiger partial charge is 0.321 e. The van der Waals surface area contributed by atoms with E-state index < -0.39 is 0 Å². The number of nitrogens with one attached hydrogen (secondary N) is 1. The van der Waals surface area contributed by atoms with Crippen molar-refractivity contribution in [1.29, 1.82) is 0 Å². The maximum absolute atomic E-state index is 12.9. The third-order valence-corrected chi connectivity index (χ3v) is 3.91. The van der Waals surface area contributed by atoms with Gasteiger partial charge in [-0.2, -0.15) is 0 Å². The molecule has 2 heterocycles. The Bertz CT molecular complexity index is 748. The fraction of sp³-hybridized carbons (Fsp3) is 0.222. The molecular formula is C18H18FN3O3. The summed E-state index contributed by atoms with van der Waals surface area (Å²) in [5.74, 6) is 0.147. The topological polar surface area (TPSA) is 65.8 Å². The van der Waals surface area contributed by atoms with Crippen molar-refractivity contribution in [3.05, 3.63) is 60.3 Å². The number of amides is 3. The molecule has 0 unspecified atom stereocenters. The Kier molecular flexibility index (Phi) is 5.13. The van der Waals surface area contributed by atoms with Crippen molar-refractivity contribution in [2.75, 3.05) is 31.5 Å². The lowest BCUT2D eigenvalue weighted by Crippen LogP contribution is -2.51. The molecule has 25 heavy (non-hydrogen) atoms. The van der Waals surface area contributed by atoms with Crippen molar-refractivity contribution in [1.82, 2.24) is 9.80 Å². The van der Waals surface area contributed by atoms with E-state index in [4.69, 9.17) is 4.42 Å². The third kappa shape index (κ3) is 4.47. The number of nitrogens with zero attached hydrogens (tertiary/aromatic N) is 2. The van der Waals surface area contributed by atoms with Crippen molar-refractivity contribution in [3.8, 4) is 0 Å². The van der Waals surface area contributed by atoms with E-state index in [0.717, 1.165) is 0 Å². The minimum Gasteiger partial charge on any atom is -0.465 e. The lowest BCUT2D eigenvalue weighted by molar-refractivity contribution is -0.127. The molecule has 1 N–H and O–H groups in total. The average Bonchev–Trinajstić information content (AvgIpc) is 3.15. The second-order valence-electron chi connectivity index (χ2n) is 5.60. The molecule has 6 nitrogen and oxygen atoms in total. The summed E-state index contributed by atoms with van der Waals surface area (Å²) in [7, 11) is 0. The molecule has 130 valence electrons. The van der Waals surface area contributed by atoms with Crippen LogP contribution < -0.4 is 5.32 Å². The molecule has 0 spiro atoms. The molecule has 3 amide bonds. The normalized spacial score (nSPS) is 14.8. The first-order valence-electron chi connectivity index (χ1n) is 7.94. The van der Waals surface area contributed by atoms with Gasteiger partial charge in [-0.05, 0) is 42.5 Å². The molecule has 1 aromatic carbocycles. The average molecular weight is 343 g/mol. The van der Waals surface area contributed by atoms with Crippen LogP contribution in [-0.2, 0) is 4.79 Å². The van der Waals surface area contributed by atoms with Gasteiger partial charge in [0.2, 0.25) is 5.91 Å². The lowest BCUT2D eigenvalue weighted by Gasteiger charge is -2.34. The van der Waals surface area contributed by atoms with Crippen molar-refractivity contribution >= 4 is 23.7 Å². The summed E-state index contributed by atoms with van der Waals surface area (Å²) in [5, 5.41) is 2.72. The zero-order valence-corrected chi connectivity index (χ0v) is 13.5. The van der Waals surface area contributed by atoms with Crippen LogP contribution >= 0.6 is 0 Å². The van der Waals surface area contributed by atoms with Gasteiger partial charge in [0, 0.05) is 37.9 Å². The lowest BCUT2D eigenvalue weighted by atomic mass is 10.3. The van der Waals surface area contributed by atoms with Crippen molar-refractivity contribution in [3.63, 3.8) is 0 Å². The van der Waals surface area contributed by atoms with Crippen LogP contribution in [0.25, 0.3) is 6.08 Å². The summed E-state index contributed by atoms with van der Waals surface area (Å²) in [6, 6.07) is 8.85. The number of carbonyl (C=O) groups is 2. The second kappa shape index (κ2) is 7.65. The number of hydrogen-bond acceptors (Lipinski definition) is 3. The van der Waals surface area contributed by atoms with E-state index in [9.17, 15) is 14.0 Å². The Morgan fingerprint density at radius 2 is 1.72 bits per heavy atom. The molecule has 1 saturated heterocycles. The monoisotopic (exact) mass is 343 g/mol. The number of benzene rings is 1. The zero-order chi connectivity index (χ0) is 17.6. The number of furan rings is 1. The highest BCUT2D eigenvalue weighted by molar-refractivity contribution is 5.92. The highest BCUT2D eigenvalue weighted by Gasteiger charge is 2.23. The first kappa shape index (κ1) is 16.8. The summed E-state index contributed by atoms with van der Waals surface area (Å²) < 4.78 is 18.0. The largest absolute Gasteiger partial charge is 0.465 e. The van der Waals surface area contributed by atoms with Crippen LogP contribution in [-0.4, -0.2) is 47.9 Å². The van der Waals surface area contributed by atoms with Gasteiger partial charge in [-0.15, -0.1) is 0 Å². The standard InChI is InChI=1S/C18H18FN3O3/c19-14-3-5-15(6-4-14)20-18(24)22-11-9-21(10-12-22)17(23)8-7-16-2-1-13-25-16/h1-8,13H,9-12H2,(H,20,24). The molecule has 1 fully saturated rings. The van der Waals surface area contributed by atoms with E-state index in [2.05, 4.69) is 5.32 Å². The van der Waals surface area contributed by atoms with Crippen LogP contribution in [0.1, 0.15) is 5.76 Å². The molecule has 1 aromatic heterocycles. The van der Waals surface area contributed by atoms with Crippen LogP contribution in [0.15, 0.2) is 53.2 Å². The summed E-state index contributed by atoms with van der Waals surface area (Å²) in [4.78, 5) is 27.6.